The molecule has 0 aliphatic heterocycles. The van der Waals surface area contributed by atoms with Crippen LogP contribution < -0.4 is 0 Å². The number of benzene rings is 1. The van der Waals surface area contributed by atoms with Gasteiger partial charge in [-0.15, -0.1) is 6.58 Å². The highest BCUT2D eigenvalue weighted by atomic mass is 35.5. The summed E-state index contributed by atoms with van der Waals surface area (Å²) in [7, 11) is 0. The molecule has 0 heterocycles. The molecule has 0 unspecified atom stereocenters. The average Bonchev–Trinajstić information content (AvgIpc) is 2.40. The summed E-state index contributed by atoms with van der Waals surface area (Å²) in [5, 5.41) is 29.4. The van der Waals surface area contributed by atoms with E-state index in [0.717, 1.165) is 11.1 Å². The van der Waals surface area contributed by atoms with Gasteiger partial charge in [-0.2, -0.15) is 0 Å². The Bertz CT molecular complexity index is 509. The Kier molecular flexibility index (Phi) is 6.96. The molecule has 21 heavy (non-hydrogen) atoms. The SMILES string of the molecule is C=C[C@H]([C@H](O)CC/C(C)=C/c1ccc(O)cc1Cl)[C@@H](C)O. The predicted molar refractivity (Wildman–Crippen MR) is 87.4 cm³/mol. The molecule has 116 valence electrons. The van der Waals surface area contributed by atoms with E-state index in [1.54, 1.807) is 25.1 Å². The van der Waals surface area contributed by atoms with Gasteiger partial charge in [0.25, 0.3) is 0 Å². The highest BCUT2D eigenvalue weighted by Gasteiger charge is 2.20. The van der Waals surface area contributed by atoms with E-state index in [4.69, 9.17) is 11.6 Å². The lowest BCUT2D eigenvalue weighted by atomic mass is 9.92. The van der Waals surface area contributed by atoms with Gasteiger partial charge < -0.3 is 15.3 Å². The molecule has 0 spiro atoms. The fourth-order valence-electron chi connectivity index (χ4n) is 2.21. The average molecular weight is 311 g/mol. The third-order valence-corrected chi connectivity index (χ3v) is 3.82. The monoisotopic (exact) mass is 310 g/mol. The second-order valence-corrected chi connectivity index (χ2v) is 5.76. The summed E-state index contributed by atoms with van der Waals surface area (Å²) >= 11 is 6.05. The van der Waals surface area contributed by atoms with Crippen LogP contribution in [0.1, 0.15) is 32.3 Å². The van der Waals surface area contributed by atoms with Crippen LogP contribution in [0.2, 0.25) is 5.02 Å². The molecule has 0 aromatic heterocycles. The number of hydrogen-bond donors (Lipinski definition) is 3. The van der Waals surface area contributed by atoms with Gasteiger partial charge in [-0.3, -0.25) is 0 Å². The van der Waals surface area contributed by atoms with E-state index >= 15 is 0 Å². The quantitative estimate of drug-likeness (QED) is 0.672. The Morgan fingerprint density at radius 3 is 2.57 bits per heavy atom. The van der Waals surface area contributed by atoms with Gasteiger partial charge in [-0.25, -0.2) is 0 Å². The number of halogens is 1. The van der Waals surface area contributed by atoms with E-state index in [9.17, 15) is 15.3 Å². The number of phenolic OH excluding ortho intramolecular Hbond substituents is 1. The summed E-state index contributed by atoms with van der Waals surface area (Å²) in [6, 6.07) is 4.83. The highest BCUT2D eigenvalue weighted by Crippen LogP contribution is 2.25. The van der Waals surface area contributed by atoms with Crippen LogP contribution in [0.25, 0.3) is 6.08 Å². The lowest BCUT2D eigenvalue weighted by Crippen LogP contribution is -2.28. The van der Waals surface area contributed by atoms with Gasteiger partial charge >= 0.3 is 0 Å². The molecule has 4 heteroatoms. The van der Waals surface area contributed by atoms with Gasteiger partial charge in [0.2, 0.25) is 0 Å². The highest BCUT2D eigenvalue weighted by molar-refractivity contribution is 6.32. The van der Waals surface area contributed by atoms with E-state index < -0.39 is 12.2 Å². The van der Waals surface area contributed by atoms with E-state index in [1.165, 1.54) is 6.07 Å². The van der Waals surface area contributed by atoms with Crippen LogP contribution in [0.15, 0.2) is 36.4 Å². The van der Waals surface area contributed by atoms with Gasteiger partial charge in [-0.05, 0) is 50.5 Å². The number of hydrogen-bond acceptors (Lipinski definition) is 3. The van der Waals surface area contributed by atoms with Crippen molar-refractivity contribution in [2.24, 2.45) is 5.92 Å². The number of rotatable bonds is 7. The summed E-state index contributed by atoms with van der Waals surface area (Å²) in [5.74, 6) is -0.189. The van der Waals surface area contributed by atoms with Crippen LogP contribution in [0.3, 0.4) is 0 Å². The van der Waals surface area contributed by atoms with Gasteiger partial charge in [0.1, 0.15) is 5.75 Å². The molecule has 3 N–H and O–H groups in total. The minimum atomic E-state index is -0.624. The maximum Gasteiger partial charge on any atom is 0.117 e. The lowest BCUT2D eigenvalue weighted by molar-refractivity contribution is 0.0422. The summed E-state index contributed by atoms with van der Waals surface area (Å²) in [6.07, 6.45) is 3.51. The number of aliphatic hydroxyl groups excluding tert-OH is 2. The molecule has 0 fully saturated rings. The van der Waals surface area contributed by atoms with Crippen LogP contribution in [0.5, 0.6) is 5.75 Å². The molecular formula is C17H23ClO3. The van der Waals surface area contributed by atoms with Gasteiger partial charge in [0.05, 0.1) is 17.2 Å². The van der Waals surface area contributed by atoms with Crippen molar-refractivity contribution in [3.63, 3.8) is 0 Å². The minimum Gasteiger partial charge on any atom is -0.508 e. The fourth-order valence-corrected chi connectivity index (χ4v) is 2.44. The summed E-state index contributed by atoms with van der Waals surface area (Å²) in [6.45, 7) is 7.25. The summed E-state index contributed by atoms with van der Waals surface area (Å²) < 4.78 is 0. The van der Waals surface area contributed by atoms with Crippen LogP contribution in [0, 0.1) is 5.92 Å². The van der Waals surface area contributed by atoms with Gasteiger partial charge in [-0.1, -0.05) is 29.3 Å². The van der Waals surface area contributed by atoms with E-state index in [0.29, 0.717) is 17.9 Å². The Morgan fingerprint density at radius 1 is 1.38 bits per heavy atom. The zero-order chi connectivity index (χ0) is 16.0. The molecule has 0 bridgehead atoms. The molecule has 1 aromatic carbocycles. The molecule has 0 saturated carbocycles. The number of allylic oxidation sites excluding steroid dienone is 1. The van der Waals surface area contributed by atoms with Crippen LogP contribution >= 0.6 is 11.6 Å². The molecule has 0 amide bonds. The molecular weight excluding hydrogens is 288 g/mol. The molecule has 1 rings (SSSR count). The molecule has 3 nitrogen and oxygen atoms in total. The van der Waals surface area contributed by atoms with E-state index in [2.05, 4.69) is 6.58 Å². The zero-order valence-corrected chi connectivity index (χ0v) is 13.2. The zero-order valence-electron chi connectivity index (χ0n) is 12.5. The van der Waals surface area contributed by atoms with E-state index in [1.807, 2.05) is 13.0 Å². The first-order valence-electron chi connectivity index (χ1n) is 6.99. The second kappa shape index (κ2) is 8.23. The minimum absolute atomic E-state index is 0.135. The molecule has 3 atom stereocenters. The van der Waals surface area contributed by atoms with Crippen LogP contribution in [0.4, 0.5) is 0 Å². The van der Waals surface area contributed by atoms with Crippen molar-refractivity contribution in [1.29, 1.82) is 0 Å². The van der Waals surface area contributed by atoms with Crippen molar-refractivity contribution >= 4 is 17.7 Å². The van der Waals surface area contributed by atoms with Gasteiger partial charge in [0.15, 0.2) is 0 Å². The maximum atomic E-state index is 10.1. The molecule has 0 saturated heterocycles. The number of phenols is 1. The van der Waals surface area contributed by atoms with E-state index in [-0.39, 0.29) is 11.7 Å². The molecule has 0 aliphatic carbocycles. The van der Waals surface area contributed by atoms with Crippen LogP contribution in [-0.4, -0.2) is 27.5 Å². The first kappa shape index (κ1) is 17.8. The Hall–Kier alpha value is -1.29. The third-order valence-electron chi connectivity index (χ3n) is 3.49. The Balaban J connectivity index is 2.66. The van der Waals surface area contributed by atoms with Crippen LogP contribution in [-0.2, 0) is 0 Å². The lowest BCUT2D eigenvalue weighted by Gasteiger charge is -2.22. The topological polar surface area (TPSA) is 60.7 Å². The third kappa shape index (κ3) is 5.54. The smallest absolute Gasteiger partial charge is 0.117 e. The number of aromatic hydroxyl groups is 1. The first-order chi connectivity index (χ1) is 9.85. The summed E-state index contributed by atoms with van der Waals surface area (Å²) in [4.78, 5) is 0. The van der Waals surface area contributed by atoms with Crippen molar-refractivity contribution < 1.29 is 15.3 Å². The van der Waals surface area contributed by atoms with Crippen molar-refractivity contribution in [2.75, 3.05) is 0 Å². The van der Waals surface area contributed by atoms with Crippen molar-refractivity contribution in [1.82, 2.24) is 0 Å². The number of aliphatic hydroxyl groups is 2. The normalized spacial score (nSPS) is 16.3. The standard InChI is InChI=1S/C17H23ClO3/c1-4-15(12(3)19)17(21)8-5-11(2)9-13-6-7-14(20)10-16(13)18/h4,6-7,9-10,12,15,17,19-21H,1,5,8H2,2-3H3/b11-9+/t12-,15+,17-/m1/s1. The van der Waals surface area contributed by atoms with Crippen molar-refractivity contribution in [2.45, 2.75) is 38.9 Å². The second-order valence-electron chi connectivity index (χ2n) is 5.36. The Morgan fingerprint density at radius 2 is 2.05 bits per heavy atom. The maximum absolute atomic E-state index is 10.1. The Labute approximate surface area is 131 Å². The largest absolute Gasteiger partial charge is 0.508 e. The predicted octanol–water partition coefficient (Wildman–Crippen LogP) is 3.77. The van der Waals surface area contributed by atoms with Crippen molar-refractivity contribution in [3.8, 4) is 5.75 Å². The molecule has 1 aromatic rings. The first-order valence-corrected chi connectivity index (χ1v) is 7.37. The fraction of sp³-hybridized carbons (Fsp3) is 0.412. The van der Waals surface area contributed by atoms with Crippen molar-refractivity contribution in [3.05, 3.63) is 47.0 Å². The summed E-state index contributed by atoms with van der Waals surface area (Å²) in [5.41, 5.74) is 1.90. The molecule has 0 aliphatic rings. The van der Waals surface area contributed by atoms with Gasteiger partial charge in [0, 0.05) is 5.92 Å². The molecule has 0 radical (unpaired) electrons.